The maximum Gasteiger partial charge on any atom is 0.249 e. The Hall–Kier alpha value is -2.97. The van der Waals surface area contributed by atoms with Gasteiger partial charge in [0.15, 0.2) is 0 Å². The quantitative estimate of drug-likeness (QED) is 0.228. The number of likely N-dealkylation sites (tertiary alicyclic amines) is 1. The fraction of sp³-hybridized carbons (Fsp3) is 0.649. The molecule has 1 aromatic carbocycles. The number of amides is 3. The van der Waals surface area contributed by atoms with Crippen molar-refractivity contribution in [3.63, 3.8) is 0 Å². The molecule has 3 aliphatic rings. The van der Waals surface area contributed by atoms with Crippen LogP contribution in [0.4, 0.5) is 0 Å². The molecule has 3 amide bonds. The topological polar surface area (TPSA) is 90.4 Å². The molecule has 3 unspecified atom stereocenters. The Balaban J connectivity index is 1.80. The molecule has 0 aliphatic carbocycles. The monoisotopic (exact) mass is 621 g/mol. The first kappa shape index (κ1) is 34.9. The molecule has 8 heteroatoms. The van der Waals surface area contributed by atoms with Crippen molar-refractivity contribution in [3.8, 4) is 0 Å². The normalized spacial score (nSPS) is 29.1. The molecule has 8 nitrogen and oxygen atoms in total. The van der Waals surface area contributed by atoms with Gasteiger partial charge in [-0.05, 0) is 63.4 Å². The van der Waals surface area contributed by atoms with E-state index in [1.807, 2.05) is 42.2 Å². The number of benzene rings is 1. The molecule has 3 fully saturated rings. The summed E-state index contributed by atoms with van der Waals surface area (Å²) in [4.78, 5) is 49.6. The fourth-order valence-corrected chi connectivity index (χ4v) is 8.72. The van der Waals surface area contributed by atoms with E-state index in [0.29, 0.717) is 45.4 Å². The largest absolute Gasteiger partial charge is 0.396 e. The molecular formula is C37H55N3O5. The van der Waals surface area contributed by atoms with Crippen LogP contribution in [0.15, 0.2) is 55.6 Å². The van der Waals surface area contributed by atoms with Crippen molar-refractivity contribution in [2.24, 2.45) is 23.2 Å². The molecule has 0 saturated carbocycles. The number of carbonyl (C=O) groups excluding carboxylic acids is 3. The Morgan fingerprint density at radius 2 is 1.71 bits per heavy atom. The van der Waals surface area contributed by atoms with Crippen LogP contribution in [0.3, 0.4) is 0 Å². The van der Waals surface area contributed by atoms with Crippen molar-refractivity contribution >= 4 is 17.7 Å². The molecule has 6 atom stereocenters. The molecule has 3 aliphatic heterocycles. The fourth-order valence-electron chi connectivity index (χ4n) is 8.72. The maximum absolute atomic E-state index is 15.0. The lowest BCUT2D eigenvalue weighted by molar-refractivity contribution is -0.158. The number of ether oxygens (including phenoxy) is 1. The van der Waals surface area contributed by atoms with Crippen LogP contribution in [0.5, 0.6) is 0 Å². The highest BCUT2D eigenvalue weighted by molar-refractivity contribution is 5.99. The van der Waals surface area contributed by atoms with Gasteiger partial charge in [0.1, 0.15) is 11.6 Å². The first-order chi connectivity index (χ1) is 21.1. The Kier molecular flexibility index (Phi) is 10.1. The van der Waals surface area contributed by atoms with Gasteiger partial charge in [0, 0.05) is 38.3 Å². The van der Waals surface area contributed by atoms with E-state index in [-0.39, 0.29) is 35.7 Å². The van der Waals surface area contributed by atoms with E-state index in [0.717, 1.165) is 12.0 Å². The van der Waals surface area contributed by atoms with E-state index in [9.17, 15) is 19.5 Å². The predicted molar refractivity (Wildman–Crippen MR) is 177 cm³/mol. The van der Waals surface area contributed by atoms with Gasteiger partial charge >= 0.3 is 0 Å². The molecule has 1 N–H and O–H groups in total. The van der Waals surface area contributed by atoms with Crippen LogP contribution in [0, 0.1) is 23.2 Å². The molecule has 0 aromatic heterocycles. The van der Waals surface area contributed by atoms with Gasteiger partial charge in [0.2, 0.25) is 17.7 Å². The SMILES string of the molecule is C=CCN(Cc1ccccc1)C(=O)[C@@H]1[C@H]2C(=O)N(CCCCO)C(C(=O)N(CC=C)C(C)(C)CC(C)(C)C)C23CC(C)[C@@]1(C)O3. The van der Waals surface area contributed by atoms with E-state index in [2.05, 4.69) is 54.7 Å². The number of unbranched alkanes of at least 4 members (excludes halogenated alkanes) is 1. The lowest BCUT2D eigenvalue weighted by Crippen LogP contribution is -2.61. The predicted octanol–water partition coefficient (Wildman–Crippen LogP) is 5.21. The van der Waals surface area contributed by atoms with Gasteiger partial charge in [0.25, 0.3) is 0 Å². The Morgan fingerprint density at radius 1 is 1.07 bits per heavy atom. The van der Waals surface area contributed by atoms with Crippen LogP contribution < -0.4 is 0 Å². The average Bonchev–Trinajstić information content (AvgIpc) is 3.46. The van der Waals surface area contributed by atoms with Crippen molar-refractivity contribution in [2.75, 3.05) is 26.2 Å². The summed E-state index contributed by atoms with van der Waals surface area (Å²) in [5.74, 6) is -2.10. The number of aliphatic hydroxyl groups is 1. The van der Waals surface area contributed by atoms with Crippen LogP contribution in [-0.2, 0) is 25.7 Å². The summed E-state index contributed by atoms with van der Waals surface area (Å²) in [5, 5.41) is 9.56. The number of nitrogens with zero attached hydrogens (tertiary/aromatic N) is 3. The maximum atomic E-state index is 15.0. The van der Waals surface area contributed by atoms with Gasteiger partial charge in [-0.3, -0.25) is 14.4 Å². The van der Waals surface area contributed by atoms with Crippen molar-refractivity contribution < 1.29 is 24.2 Å². The van der Waals surface area contributed by atoms with Crippen molar-refractivity contribution in [2.45, 2.75) is 103 Å². The summed E-state index contributed by atoms with van der Waals surface area (Å²) < 4.78 is 7.02. The van der Waals surface area contributed by atoms with Gasteiger partial charge in [-0.15, -0.1) is 13.2 Å². The van der Waals surface area contributed by atoms with Crippen molar-refractivity contribution in [1.29, 1.82) is 0 Å². The summed E-state index contributed by atoms with van der Waals surface area (Å²) in [5.41, 5.74) is -1.64. The van der Waals surface area contributed by atoms with Crippen LogP contribution >= 0.6 is 0 Å². The Bertz CT molecular complexity index is 1270. The molecule has 1 aromatic rings. The van der Waals surface area contributed by atoms with E-state index in [1.54, 1.807) is 22.0 Å². The van der Waals surface area contributed by atoms with Crippen molar-refractivity contribution in [3.05, 3.63) is 61.2 Å². The van der Waals surface area contributed by atoms with Gasteiger partial charge in [-0.2, -0.15) is 0 Å². The summed E-state index contributed by atoms with van der Waals surface area (Å²) in [7, 11) is 0. The van der Waals surface area contributed by atoms with E-state index in [4.69, 9.17) is 4.74 Å². The standard InChI is InChI=1S/C37H55N3O5/c1-10-19-38(24-27-17-13-12-14-18-27)31(42)28-29-32(43)39(21-15-16-22-41)30(37(29)23-26(3)36(28,9)45-37)33(44)40(20-11-2)35(7,8)25-34(4,5)6/h10-14,17-18,26,28-30,41H,1-2,15-16,19-25H2,3-9H3/t26?,28-,29-,30?,36+,37?/m0/s1. The third kappa shape index (κ3) is 6.37. The van der Waals surface area contributed by atoms with E-state index in [1.165, 1.54) is 0 Å². The second kappa shape index (κ2) is 13.0. The lowest BCUT2D eigenvalue weighted by atomic mass is 9.62. The lowest BCUT2D eigenvalue weighted by Gasteiger charge is -2.45. The zero-order chi connectivity index (χ0) is 33.4. The molecule has 3 saturated heterocycles. The van der Waals surface area contributed by atoms with Crippen LogP contribution in [0.2, 0.25) is 0 Å². The molecule has 248 valence electrons. The van der Waals surface area contributed by atoms with E-state index < -0.39 is 34.6 Å². The van der Waals surface area contributed by atoms with Gasteiger partial charge in [0.05, 0.1) is 17.4 Å². The number of fused-ring (bicyclic) bond motifs is 1. The first-order valence-electron chi connectivity index (χ1n) is 16.6. The van der Waals surface area contributed by atoms with Gasteiger partial charge in [-0.1, -0.05) is 70.2 Å². The molecule has 45 heavy (non-hydrogen) atoms. The third-order valence-electron chi connectivity index (χ3n) is 10.3. The minimum Gasteiger partial charge on any atom is -0.396 e. The van der Waals surface area contributed by atoms with Gasteiger partial charge in [-0.25, -0.2) is 0 Å². The van der Waals surface area contributed by atoms with Crippen molar-refractivity contribution in [1.82, 2.24) is 14.7 Å². The molecular weight excluding hydrogens is 566 g/mol. The minimum absolute atomic E-state index is 0.000860. The highest BCUT2D eigenvalue weighted by Crippen LogP contribution is 2.65. The highest BCUT2D eigenvalue weighted by atomic mass is 16.5. The summed E-state index contributed by atoms with van der Waals surface area (Å²) >= 11 is 0. The molecule has 3 heterocycles. The Morgan fingerprint density at radius 3 is 2.29 bits per heavy atom. The smallest absolute Gasteiger partial charge is 0.249 e. The second-order valence-electron chi connectivity index (χ2n) is 15.4. The zero-order valence-corrected chi connectivity index (χ0v) is 28.6. The number of rotatable bonds is 14. The van der Waals surface area contributed by atoms with E-state index >= 15 is 0 Å². The molecule has 2 bridgehead atoms. The van der Waals surface area contributed by atoms with Crippen LogP contribution in [0.1, 0.15) is 79.7 Å². The summed E-state index contributed by atoms with van der Waals surface area (Å²) in [6.07, 6.45) is 5.76. The highest BCUT2D eigenvalue weighted by Gasteiger charge is 2.80. The number of aliphatic hydroxyl groups excluding tert-OH is 1. The summed E-state index contributed by atoms with van der Waals surface area (Å²) in [6, 6.07) is 8.93. The second-order valence-corrected chi connectivity index (χ2v) is 15.4. The zero-order valence-electron chi connectivity index (χ0n) is 28.6. The van der Waals surface area contributed by atoms with Crippen LogP contribution in [-0.4, -0.2) is 86.6 Å². The first-order valence-corrected chi connectivity index (χ1v) is 16.6. The third-order valence-corrected chi connectivity index (χ3v) is 10.3. The molecule has 4 rings (SSSR count). The molecule has 0 radical (unpaired) electrons. The minimum atomic E-state index is -1.13. The summed E-state index contributed by atoms with van der Waals surface area (Å²) in [6.45, 7) is 23.9. The average molecular weight is 622 g/mol. The molecule has 1 spiro atoms. The van der Waals surface area contributed by atoms with Gasteiger partial charge < -0.3 is 24.5 Å². The number of carbonyl (C=O) groups is 3. The van der Waals surface area contributed by atoms with Crippen LogP contribution in [0.25, 0.3) is 0 Å². The number of hydrogen-bond acceptors (Lipinski definition) is 5. The number of hydrogen-bond donors (Lipinski definition) is 1. The Labute approximate surface area is 270 Å².